The van der Waals surface area contributed by atoms with E-state index in [0.717, 1.165) is 0 Å². The molecule has 0 aliphatic carbocycles. The van der Waals surface area contributed by atoms with Crippen molar-refractivity contribution in [3.63, 3.8) is 0 Å². The molecule has 2 N–H and O–H groups in total. The molecule has 0 saturated carbocycles. The Labute approximate surface area is 128 Å². The van der Waals surface area contributed by atoms with Crippen molar-refractivity contribution in [3.05, 3.63) is 28.8 Å². The summed E-state index contributed by atoms with van der Waals surface area (Å²) in [6.45, 7) is 1.37. The maximum absolute atomic E-state index is 11.7. The number of anilines is 1. The fourth-order valence-electron chi connectivity index (χ4n) is 1.61. The molecule has 0 aromatic heterocycles. The monoisotopic (exact) mass is 330 g/mol. The van der Waals surface area contributed by atoms with Gasteiger partial charge in [0.05, 0.1) is 28.2 Å². The molecule has 0 aliphatic rings. The molecule has 1 amide bonds. The summed E-state index contributed by atoms with van der Waals surface area (Å²) in [7, 11) is -3.47. The van der Waals surface area contributed by atoms with Gasteiger partial charge in [0.2, 0.25) is 5.91 Å². The van der Waals surface area contributed by atoms with Crippen molar-refractivity contribution in [1.82, 2.24) is 0 Å². The molecule has 0 radical (unpaired) electrons. The first kappa shape index (κ1) is 17.4. The van der Waals surface area contributed by atoms with Crippen LogP contribution >= 0.6 is 11.6 Å². The maximum atomic E-state index is 11.7. The number of nitrogens with one attached hydrogen (secondary N) is 1. The van der Waals surface area contributed by atoms with Gasteiger partial charge in [0.25, 0.3) is 0 Å². The van der Waals surface area contributed by atoms with Gasteiger partial charge in [-0.3, -0.25) is 4.79 Å². The number of aliphatic hydroxyl groups excluding tert-OH is 1. The summed E-state index contributed by atoms with van der Waals surface area (Å²) < 4.78 is 23.1. The summed E-state index contributed by atoms with van der Waals surface area (Å²) in [6, 6.07) is 6.28. The minimum atomic E-state index is -3.47. The molecular formula is C13H15ClN2O4S. The van der Waals surface area contributed by atoms with E-state index < -0.39 is 21.8 Å². The summed E-state index contributed by atoms with van der Waals surface area (Å²) in [5, 5.41) is 20.5. The molecule has 0 aliphatic heterocycles. The lowest BCUT2D eigenvalue weighted by molar-refractivity contribution is -0.115. The molecule has 0 spiro atoms. The minimum Gasteiger partial charge on any atom is -0.392 e. The number of sulfone groups is 1. The van der Waals surface area contributed by atoms with Gasteiger partial charge in [0.15, 0.2) is 9.84 Å². The van der Waals surface area contributed by atoms with E-state index in [2.05, 4.69) is 5.32 Å². The van der Waals surface area contributed by atoms with Gasteiger partial charge < -0.3 is 10.4 Å². The zero-order chi connectivity index (χ0) is 16.0. The second kappa shape index (κ2) is 7.41. The van der Waals surface area contributed by atoms with Crippen molar-refractivity contribution >= 4 is 33.0 Å². The van der Waals surface area contributed by atoms with Crippen LogP contribution in [0.4, 0.5) is 5.69 Å². The van der Waals surface area contributed by atoms with Gasteiger partial charge in [0, 0.05) is 12.1 Å². The van der Waals surface area contributed by atoms with Crippen molar-refractivity contribution in [2.45, 2.75) is 19.4 Å². The van der Waals surface area contributed by atoms with Crippen molar-refractivity contribution < 1.29 is 18.3 Å². The van der Waals surface area contributed by atoms with Crippen molar-refractivity contribution in [1.29, 1.82) is 5.26 Å². The first-order valence-electron chi connectivity index (χ1n) is 6.11. The van der Waals surface area contributed by atoms with E-state index in [4.69, 9.17) is 22.0 Å². The highest BCUT2D eigenvalue weighted by atomic mass is 35.5. The molecule has 1 rings (SSSR count). The second-order valence-corrected chi connectivity index (χ2v) is 7.20. The average molecular weight is 331 g/mol. The van der Waals surface area contributed by atoms with Gasteiger partial charge in [-0.1, -0.05) is 11.6 Å². The third-order valence-corrected chi connectivity index (χ3v) is 4.64. The van der Waals surface area contributed by atoms with E-state index in [-0.39, 0.29) is 28.5 Å². The minimum absolute atomic E-state index is 0.206. The van der Waals surface area contributed by atoms with Gasteiger partial charge >= 0.3 is 0 Å². The van der Waals surface area contributed by atoms with Crippen LogP contribution in [0.1, 0.15) is 18.9 Å². The van der Waals surface area contributed by atoms with Crippen LogP contribution in [0, 0.1) is 11.3 Å². The topological polar surface area (TPSA) is 107 Å². The van der Waals surface area contributed by atoms with Crippen molar-refractivity contribution in [2.75, 3.05) is 16.8 Å². The molecule has 6 nitrogen and oxygen atoms in total. The van der Waals surface area contributed by atoms with Gasteiger partial charge in [-0.2, -0.15) is 5.26 Å². The smallest absolute Gasteiger partial charge is 0.225 e. The number of hydrogen-bond donors (Lipinski definition) is 2. The number of rotatable bonds is 6. The fraction of sp³-hybridized carbons (Fsp3) is 0.385. The van der Waals surface area contributed by atoms with Crippen LogP contribution in [-0.2, 0) is 14.6 Å². The van der Waals surface area contributed by atoms with Crippen LogP contribution in [0.3, 0.4) is 0 Å². The fourth-order valence-corrected chi connectivity index (χ4v) is 3.23. The van der Waals surface area contributed by atoms with Crippen molar-refractivity contribution in [2.24, 2.45) is 0 Å². The van der Waals surface area contributed by atoms with Crippen LogP contribution in [0.5, 0.6) is 0 Å². The first-order chi connectivity index (χ1) is 9.73. The van der Waals surface area contributed by atoms with Gasteiger partial charge in [0.1, 0.15) is 6.07 Å². The van der Waals surface area contributed by atoms with E-state index >= 15 is 0 Å². The molecule has 0 heterocycles. The van der Waals surface area contributed by atoms with E-state index in [9.17, 15) is 13.2 Å². The highest BCUT2D eigenvalue weighted by molar-refractivity contribution is 7.91. The van der Waals surface area contributed by atoms with Crippen LogP contribution in [0.25, 0.3) is 0 Å². The zero-order valence-electron chi connectivity index (χ0n) is 11.3. The van der Waals surface area contributed by atoms with E-state index in [1.165, 1.54) is 25.1 Å². The Morgan fingerprint density at radius 3 is 2.71 bits per heavy atom. The molecule has 8 heteroatoms. The Balaban J connectivity index is 2.59. The Kier molecular flexibility index (Phi) is 6.15. The first-order valence-corrected chi connectivity index (χ1v) is 8.31. The Bertz CT molecular complexity index is 665. The number of nitrogens with zero attached hydrogens (tertiary/aromatic N) is 1. The molecule has 1 aromatic rings. The average Bonchev–Trinajstić information content (AvgIpc) is 2.35. The molecule has 114 valence electrons. The summed E-state index contributed by atoms with van der Waals surface area (Å²) in [5.74, 6) is -1.19. The van der Waals surface area contributed by atoms with Gasteiger partial charge in [-0.05, 0) is 25.1 Å². The summed E-state index contributed by atoms with van der Waals surface area (Å²) >= 11 is 5.82. The summed E-state index contributed by atoms with van der Waals surface area (Å²) in [6.07, 6.45) is -1.18. The third kappa shape index (κ3) is 6.12. The van der Waals surface area contributed by atoms with E-state index in [0.29, 0.717) is 5.69 Å². The Morgan fingerprint density at radius 2 is 2.19 bits per heavy atom. The number of hydrogen-bond acceptors (Lipinski definition) is 5. The largest absolute Gasteiger partial charge is 0.392 e. The number of benzene rings is 1. The SMILES string of the molecule is CC(O)CS(=O)(=O)CCC(=O)Nc1ccc(C#N)c(Cl)c1. The number of aliphatic hydroxyl groups is 1. The lowest BCUT2D eigenvalue weighted by Gasteiger charge is -2.08. The normalized spacial score (nSPS) is 12.5. The molecule has 1 atom stereocenters. The Hall–Kier alpha value is -1.62. The predicted molar refractivity (Wildman–Crippen MR) is 79.7 cm³/mol. The predicted octanol–water partition coefficient (Wildman–Crippen LogP) is 1.34. The summed E-state index contributed by atoms with van der Waals surface area (Å²) in [5.41, 5.74) is 0.672. The molecule has 1 aromatic carbocycles. The van der Waals surface area contributed by atoms with Crippen LogP contribution < -0.4 is 5.32 Å². The highest BCUT2D eigenvalue weighted by Crippen LogP contribution is 2.20. The Morgan fingerprint density at radius 1 is 1.52 bits per heavy atom. The van der Waals surface area contributed by atoms with Gasteiger partial charge in [-0.15, -0.1) is 0 Å². The highest BCUT2D eigenvalue weighted by Gasteiger charge is 2.16. The number of carbonyl (C=O) groups is 1. The maximum Gasteiger partial charge on any atom is 0.225 e. The molecule has 21 heavy (non-hydrogen) atoms. The number of halogens is 1. The zero-order valence-corrected chi connectivity index (χ0v) is 12.9. The molecule has 0 saturated heterocycles. The quantitative estimate of drug-likeness (QED) is 0.818. The number of carbonyl (C=O) groups excluding carboxylic acids is 1. The van der Waals surface area contributed by atoms with Gasteiger partial charge in [-0.25, -0.2) is 8.42 Å². The van der Waals surface area contributed by atoms with Crippen LogP contribution in [-0.4, -0.2) is 37.0 Å². The molecular weight excluding hydrogens is 316 g/mol. The van der Waals surface area contributed by atoms with Crippen molar-refractivity contribution in [3.8, 4) is 6.07 Å². The standard InChI is InChI=1S/C13H15ClN2O4S/c1-9(17)8-21(19,20)5-4-13(18)16-11-3-2-10(7-15)12(14)6-11/h2-3,6,9,17H,4-5,8H2,1H3,(H,16,18). The number of nitriles is 1. The molecule has 0 bridgehead atoms. The number of amides is 1. The summed E-state index contributed by atoms with van der Waals surface area (Å²) in [4.78, 5) is 11.7. The van der Waals surface area contributed by atoms with Crippen LogP contribution in [0.15, 0.2) is 18.2 Å². The van der Waals surface area contributed by atoms with E-state index in [1.54, 1.807) is 0 Å². The van der Waals surface area contributed by atoms with E-state index in [1.807, 2.05) is 6.07 Å². The lowest BCUT2D eigenvalue weighted by Crippen LogP contribution is -2.23. The molecule has 1 unspecified atom stereocenters. The molecule has 0 fully saturated rings. The van der Waals surface area contributed by atoms with Crippen LogP contribution in [0.2, 0.25) is 5.02 Å². The lowest BCUT2D eigenvalue weighted by atomic mass is 10.2. The second-order valence-electron chi connectivity index (χ2n) is 4.57. The third-order valence-electron chi connectivity index (χ3n) is 2.51.